The first-order valence-electron chi connectivity index (χ1n) is 4.08. The lowest BCUT2D eigenvalue weighted by Crippen LogP contribution is -2.08. The number of hydrogen-bond acceptors (Lipinski definition) is 5. The minimum atomic E-state index is 0.638. The van der Waals surface area contributed by atoms with Gasteiger partial charge in [0, 0.05) is 18.7 Å². The Morgan fingerprint density at radius 1 is 1.38 bits per heavy atom. The number of nitrogens with two attached hydrogens (primary N) is 1. The second-order valence-corrected chi connectivity index (χ2v) is 3.97. The molecule has 0 saturated heterocycles. The highest BCUT2D eigenvalue weighted by molar-refractivity contribution is 7.98. The summed E-state index contributed by atoms with van der Waals surface area (Å²) in [6.07, 6.45) is 1.96. The summed E-state index contributed by atoms with van der Waals surface area (Å²) in [6.45, 7) is 1.76. The molecule has 0 saturated carbocycles. The van der Waals surface area contributed by atoms with E-state index in [-0.39, 0.29) is 0 Å². The molecule has 1 aromatic heterocycles. The topological polar surface area (TPSA) is 55.0 Å². The highest BCUT2D eigenvalue weighted by Gasteiger charge is 2.21. The summed E-state index contributed by atoms with van der Waals surface area (Å²) in [4.78, 5) is 10.8. The third-order valence-corrected chi connectivity index (χ3v) is 2.68. The SMILES string of the molecule is CSc1nc(N)c2c(n1)CN(C)C2. The smallest absolute Gasteiger partial charge is 0.189 e. The van der Waals surface area contributed by atoms with Crippen LogP contribution in [0.1, 0.15) is 11.3 Å². The van der Waals surface area contributed by atoms with Gasteiger partial charge in [0.15, 0.2) is 5.16 Å². The molecule has 1 aromatic rings. The van der Waals surface area contributed by atoms with Gasteiger partial charge in [0.1, 0.15) is 5.82 Å². The maximum Gasteiger partial charge on any atom is 0.189 e. The molecule has 1 aliphatic rings. The van der Waals surface area contributed by atoms with Gasteiger partial charge in [-0.2, -0.15) is 0 Å². The number of rotatable bonds is 1. The van der Waals surface area contributed by atoms with E-state index in [1.54, 1.807) is 0 Å². The molecule has 4 nitrogen and oxygen atoms in total. The third-order valence-electron chi connectivity index (χ3n) is 2.13. The average molecular weight is 196 g/mol. The highest BCUT2D eigenvalue weighted by atomic mass is 32.2. The van der Waals surface area contributed by atoms with Crippen LogP contribution in [0.15, 0.2) is 5.16 Å². The first kappa shape index (κ1) is 8.77. The Hall–Kier alpha value is -0.810. The lowest BCUT2D eigenvalue weighted by Gasteiger charge is -2.03. The molecule has 13 heavy (non-hydrogen) atoms. The quantitative estimate of drug-likeness (QED) is 0.530. The monoisotopic (exact) mass is 196 g/mol. The van der Waals surface area contributed by atoms with Crippen LogP contribution >= 0.6 is 11.8 Å². The summed E-state index contributed by atoms with van der Waals surface area (Å²) < 4.78 is 0. The number of thioether (sulfide) groups is 1. The van der Waals surface area contributed by atoms with Crippen LogP contribution in [0.25, 0.3) is 0 Å². The maximum atomic E-state index is 5.82. The van der Waals surface area contributed by atoms with Gasteiger partial charge in [-0.1, -0.05) is 11.8 Å². The summed E-state index contributed by atoms with van der Waals surface area (Å²) in [6, 6.07) is 0. The summed E-state index contributed by atoms with van der Waals surface area (Å²) >= 11 is 1.53. The van der Waals surface area contributed by atoms with Crippen LogP contribution in [-0.4, -0.2) is 28.2 Å². The molecule has 0 amide bonds. The van der Waals surface area contributed by atoms with Crippen molar-refractivity contribution < 1.29 is 0 Å². The van der Waals surface area contributed by atoms with Crippen LogP contribution in [-0.2, 0) is 13.1 Å². The van der Waals surface area contributed by atoms with E-state index in [1.807, 2.05) is 6.26 Å². The Kier molecular flexibility index (Phi) is 2.13. The van der Waals surface area contributed by atoms with E-state index >= 15 is 0 Å². The second kappa shape index (κ2) is 3.16. The van der Waals surface area contributed by atoms with Crippen molar-refractivity contribution >= 4 is 17.6 Å². The lowest BCUT2D eigenvalue weighted by molar-refractivity contribution is 0.351. The zero-order chi connectivity index (χ0) is 9.42. The summed E-state index contributed by atoms with van der Waals surface area (Å²) in [7, 11) is 2.06. The van der Waals surface area contributed by atoms with Gasteiger partial charge >= 0.3 is 0 Å². The molecule has 0 aliphatic carbocycles. The van der Waals surface area contributed by atoms with Gasteiger partial charge in [-0.15, -0.1) is 0 Å². The number of hydrogen-bond donors (Lipinski definition) is 1. The summed E-state index contributed by atoms with van der Waals surface area (Å²) in [5, 5.41) is 0.770. The first-order chi connectivity index (χ1) is 6.20. The number of nitrogen functional groups attached to an aromatic ring is 1. The molecule has 2 heterocycles. The number of fused-ring (bicyclic) bond motifs is 1. The molecule has 0 bridgehead atoms. The average Bonchev–Trinajstić information content (AvgIpc) is 2.46. The maximum absolute atomic E-state index is 5.82. The zero-order valence-corrected chi connectivity index (χ0v) is 8.56. The van der Waals surface area contributed by atoms with Crippen LogP contribution in [0.4, 0.5) is 5.82 Å². The molecule has 1 aliphatic heterocycles. The van der Waals surface area contributed by atoms with Gasteiger partial charge in [-0.3, -0.25) is 4.90 Å². The van der Waals surface area contributed by atoms with Crippen molar-refractivity contribution in [3.63, 3.8) is 0 Å². The number of nitrogens with zero attached hydrogens (tertiary/aromatic N) is 3. The first-order valence-corrected chi connectivity index (χ1v) is 5.31. The lowest BCUT2D eigenvalue weighted by atomic mass is 10.2. The van der Waals surface area contributed by atoms with Crippen LogP contribution in [0, 0.1) is 0 Å². The number of aromatic nitrogens is 2. The molecular formula is C8H12N4S. The van der Waals surface area contributed by atoms with Crippen molar-refractivity contribution in [3.8, 4) is 0 Å². The molecule has 70 valence electrons. The van der Waals surface area contributed by atoms with Crippen molar-refractivity contribution in [2.45, 2.75) is 18.2 Å². The molecule has 0 atom stereocenters. The molecule has 0 fully saturated rings. The Bertz CT molecular complexity index is 339. The minimum Gasteiger partial charge on any atom is -0.383 e. The van der Waals surface area contributed by atoms with Crippen LogP contribution in [0.5, 0.6) is 0 Å². The van der Waals surface area contributed by atoms with Crippen LogP contribution in [0.3, 0.4) is 0 Å². The van der Waals surface area contributed by atoms with Gasteiger partial charge in [-0.25, -0.2) is 9.97 Å². The highest BCUT2D eigenvalue weighted by Crippen LogP contribution is 2.25. The van der Waals surface area contributed by atoms with Gasteiger partial charge in [0.2, 0.25) is 0 Å². The normalized spacial score (nSPS) is 16.2. The van der Waals surface area contributed by atoms with E-state index < -0.39 is 0 Å². The van der Waals surface area contributed by atoms with Crippen LogP contribution in [0.2, 0.25) is 0 Å². The van der Waals surface area contributed by atoms with Gasteiger partial charge in [0.25, 0.3) is 0 Å². The van der Waals surface area contributed by atoms with E-state index in [0.717, 1.165) is 29.5 Å². The Labute approximate surface area is 81.5 Å². The van der Waals surface area contributed by atoms with Gasteiger partial charge < -0.3 is 5.73 Å². The molecule has 0 aromatic carbocycles. The predicted molar refractivity (Wildman–Crippen MR) is 53.4 cm³/mol. The zero-order valence-electron chi connectivity index (χ0n) is 7.74. The standard InChI is InChI=1S/C8H12N4S/c1-12-3-5-6(4-12)10-8(13-2)11-7(5)9/h3-4H2,1-2H3,(H2,9,10,11). The van der Waals surface area contributed by atoms with E-state index in [1.165, 1.54) is 11.8 Å². The molecular weight excluding hydrogens is 184 g/mol. The van der Waals surface area contributed by atoms with Gasteiger partial charge in [-0.05, 0) is 13.3 Å². The van der Waals surface area contributed by atoms with E-state index in [2.05, 4.69) is 21.9 Å². The Morgan fingerprint density at radius 3 is 2.85 bits per heavy atom. The third kappa shape index (κ3) is 1.49. The fourth-order valence-corrected chi connectivity index (χ4v) is 1.89. The minimum absolute atomic E-state index is 0.638. The Morgan fingerprint density at radius 2 is 2.15 bits per heavy atom. The molecule has 2 rings (SSSR count). The van der Waals surface area contributed by atoms with E-state index in [9.17, 15) is 0 Å². The fourth-order valence-electron chi connectivity index (χ4n) is 1.50. The van der Waals surface area contributed by atoms with E-state index in [0.29, 0.717) is 5.82 Å². The molecule has 2 N–H and O–H groups in total. The van der Waals surface area contributed by atoms with E-state index in [4.69, 9.17) is 5.73 Å². The van der Waals surface area contributed by atoms with Crippen molar-refractivity contribution in [2.75, 3.05) is 19.0 Å². The molecule has 0 radical (unpaired) electrons. The summed E-state index contributed by atoms with van der Waals surface area (Å²) in [5.74, 6) is 0.638. The Balaban J connectivity index is 2.46. The van der Waals surface area contributed by atoms with Crippen molar-refractivity contribution in [1.82, 2.24) is 14.9 Å². The fraction of sp³-hybridized carbons (Fsp3) is 0.500. The molecule has 0 spiro atoms. The van der Waals surface area contributed by atoms with Gasteiger partial charge in [0.05, 0.1) is 5.69 Å². The molecule has 0 unspecified atom stereocenters. The van der Waals surface area contributed by atoms with Crippen LogP contribution < -0.4 is 5.73 Å². The summed E-state index contributed by atoms with van der Waals surface area (Å²) in [5.41, 5.74) is 8.00. The van der Waals surface area contributed by atoms with Crippen molar-refractivity contribution in [3.05, 3.63) is 11.3 Å². The number of anilines is 1. The van der Waals surface area contributed by atoms with Crippen molar-refractivity contribution in [2.24, 2.45) is 0 Å². The van der Waals surface area contributed by atoms with Crippen molar-refractivity contribution in [1.29, 1.82) is 0 Å². The predicted octanol–water partition coefficient (Wildman–Crippen LogP) is 0.726. The molecule has 5 heteroatoms. The second-order valence-electron chi connectivity index (χ2n) is 3.19. The largest absolute Gasteiger partial charge is 0.383 e.